The smallest absolute Gasteiger partial charge is 0.138 e. The lowest BCUT2D eigenvalue weighted by Crippen LogP contribution is -1.93. The van der Waals surface area contributed by atoms with Gasteiger partial charge in [-0.3, -0.25) is 5.10 Å². The van der Waals surface area contributed by atoms with E-state index in [1.165, 1.54) is 30.5 Å². The lowest BCUT2D eigenvalue weighted by molar-refractivity contribution is 0.590. The molecule has 2 aliphatic rings. The molecule has 3 nitrogen and oxygen atoms in total. The number of hydrogen-bond acceptors (Lipinski definition) is 2. The second-order valence-corrected chi connectivity index (χ2v) is 4.77. The maximum absolute atomic E-state index is 8.88. The molecule has 3 rings (SSSR count). The van der Waals surface area contributed by atoms with E-state index in [1.807, 2.05) is 0 Å². The molecule has 1 N–H and O–H groups in total. The third-order valence-electron chi connectivity index (χ3n) is 3.99. The maximum Gasteiger partial charge on any atom is 0.138 e. The molecule has 0 aliphatic heterocycles. The first-order valence-electron chi connectivity index (χ1n) is 5.84. The van der Waals surface area contributed by atoms with Gasteiger partial charge >= 0.3 is 0 Å². The molecule has 1 aromatic heterocycles. The number of nitrogens with zero attached hydrogens (tertiary/aromatic N) is 2. The van der Waals surface area contributed by atoms with Crippen LogP contribution in [0, 0.1) is 23.2 Å². The van der Waals surface area contributed by atoms with Crippen LogP contribution in [0.5, 0.6) is 0 Å². The van der Waals surface area contributed by atoms with Gasteiger partial charge < -0.3 is 0 Å². The Morgan fingerprint density at radius 2 is 2.47 bits per heavy atom. The van der Waals surface area contributed by atoms with Gasteiger partial charge in [0.1, 0.15) is 11.8 Å². The maximum atomic E-state index is 8.88. The average molecular weight is 201 g/mol. The van der Waals surface area contributed by atoms with Crippen LogP contribution in [0.25, 0.3) is 0 Å². The number of aromatic amines is 1. The number of nitrogens with one attached hydrogen (secondary N) is 1. The summed E-state index contributed by atoms with van der Waals surface area (Å²) in [6.45, 7) is 2.24. The molecule has 0 amide bonds. The normalized spacial score (nSPS) is 30.8. The monoisotopic (exact) mass is 201 g/mol. The molecule has 3 atom stereocenters. The van der Waals surface area contributed by atoms with Gasteiger partial charge in [0.05, 0.1) is 5.69 Å². The van der Waals surface area contributed by atoms with Crippen molar-refractivity contribution in [3.8, 4) is 6.07 Å². The van der Waals surface area contributed by atoms with Crippen LogP contribution in [-0.2, 0) is 6.42 Å². The minimum Gasteiger partial charge on any atom is -0.267 e. The van der Waals surface area contributed by atoms with Crippen molar-refractivity contribution in [2.75, 3.05) is 0 Å². The van der Waals surface area contributed by atoms with Gasteiger partial charge in [-0.15, -0.1) is 0 Å². The highest BCUT2D eigenvalue weighted by molar-refractivity contribution is 5.45. The standard InChI is InChI=1S/C12H15N3/c1-2-3-4-7-8-5-9-10(6-13)14-15-12(9)11(7)8/h7-8,11H,2-5H2,1H3,(H,14,15)/t7-,8+,11-/m1/s1. The Morgan fingerprint density at radius 1 is 1.60 bits per heavy atom. The number of rotatable bonds is 3. The topological polar surface area (TPSA) is 52.5 Å². The molecular weight excluding hydrogens is 186 g/mol. The van der Waals surface area contributed by atoms with Gasteiger partial charge in [-0.25, -0.2) is 0 Å². The zero-order valence-corrected chi connectivity index (χ0v) is 8.95. The van der Waals surface area contributed by atoms with Gasteiger partial charge in [0.25, 0.3) is 0 Å². The molecule has 1 saturated carbocycles. The fourth-order valence-corrected chi connectivity index (χ4v) is 3.15. The molecule has 15 heavy (non-hydrogen) atoms. The number of nitriles is 1. The SMILES string of the molecule is CCCC[C@@H]1[C@@H]2Cc3c(n[nH]c3C#N)[C@H]12. The van der Waals surface area contributed by atoms with Gasteiger partial charge in [-0.1, -0.05) is 19.8 Å². The molecule has 0 bridgehead atoms. The largest absolute Gasteiger partial charge is 0.267 e. The Morgan fingerprint density at radius 3 is 3.20 bits per heavy atom. The molecule has 2 aliphatic carbocycles. The molecular formula is C12H15N3. The number of unbranched alkanes of at least 4 members (excludes halogenated alkanes) is 1. The molecule has 0 aromatic carbocycles. The summed E-state index contributed by atoms with van der Waals surface area (Å²) < 4.78 is 0. The summed E-state index contributed by atoms with van der Waals surface area (Å²) in [5.41, 5.74) is 3.12. The zero-order chi connectivity index (χ0) is 10.4. The van der Waals surface area contributed by atoms with Crippen molar-refractivity contribution in [2.24, 2.45) is 11.8 Å². The predicted octanol–water partition coefficient (Wildman–Crippen LogP) is 2.36. The van der Waals surface area contributed by atoms with Crippen molar-refractivity contribution in [3.05, 3.63) is 17.0 Å². The summed E-state index contributed by atoms with van der Waals surface area (Å²) >= 11 is 0. The molecule has 0 saturated heterocycles. The van der Waals surface area contributed by atoms with Crippen molar-refractivity contribution in [2.45, 2.75) is 38.5 Å². The first-order valence-corrected chi connectivity index (χ1v) is 5.84. The van der Waals surface area contributed by atoms with Crippen molar-refractivity contribution < 1.29 is 0 Å². The van der Waals surface area contributed by atoms with E-state index in [-0.39, 0.29) is 0 Å². The van der Waals surface area contributed by atoms with Crippen LogP contribution in [0.1, 0.15) is 49.1 Å². The van der Waals surface area contributed by atoms with E-state index in [9.17, 15) is 0 Å². The predicted molar refractivity (Wildman–Crippen MR) is 56.3 cm³/mol. The Kier molecular flexibility index (Phi) is 1.85. The van der Waals surface area contributed by atoms with E-state index in [0.717, 1.165) is 18.3 Å². The summed E-state index contributed by atoms with van der Waals surface area (Å²) in [7, 11) is 0. The van der Waals surface area contributed by atoms with Crippen LogP contribution in [0.2, 0.25) is 0 Å². The molecule has 1 fully saturated rings. The molecule has 3 heteroatoms. The van der Waals surface area contributed by atoms with Gasteiger partial charge in [-0.2, -0.15) is 10.4 Å². The lowest BCUT2D eigenvalue weighted by atomic mass is 10.0. The Labute approximate surface area is 89.5 Å². The summed E-state index contributed by atoms with van der Waals surface area (Å²) in [5.74, 6) is 2.37. The highest BCUT2D eigenvalue weighted by atomic mass is 15.1. The van der Waals surface area contributed by atoms with E-state index < -0.39 is 0 Å². The zero-order valence-electron chi connectivity index (χ0n) is 8.95. The number of aromatic nitrogens is 2. The van der Waals surface area contributed by atoms with E-state index >= 15 is 0 Å². The molecule has 1 heterocycles. The molecule has 0 spiro atoms. The van der Waals surface area contributed by atoms with Crippen LogP contribution in [0.4, 0.5) is 0 Å². The number of H-pyrrole nitrogens is 1. The van der Waals surface area contributed by atoms with Crippen LogP contribution in [0.15, 0.2) is 0 Å². The van der Waals surface area contributed by atoms with Crippen LogP contribution >= 0.6 is 0 Å². The summed E-state index contributed by atoms with van der Waals surface area (Å²) in [6.07, 6.45) is 5.06. The van der Waals surface area contributed by atoms with E-state index in [0.29, 0.717) is 11.6 Å². The minimum absolute atomic E-state index is 0.685. The van der Waals surface area contributed by atoms with Crippen LogP contribution < -0.4 is 0 Å². The number of hydrogen-bond donors (Lipinski definition) is 1. The molecule has 0 unspecified atom stereocenters. The van der Waals surface area contributed by atoms with E-state index in [2.05, 4.69) is 23.2 Å². The highest BCUT2D eigenvalue weighted by Gasteiger charge is 2.57. The second kappa shape index (κ2) is 3.10. The fraction of sp³-hybridized carbons (Fsp3) is 0.667. The van der Waals surface area contributed by atoms with Gasteiger partial charge in [0.2, 0.25) is 0 Å². The van der Waals surface area contributed by atoms with E-state index in [4.69, 9.17) is 5.26 Å². The fourth-order valence-electron chi connectivity index (χ4n) is 3.15. The van der Waals surface area contributed by atoms with Gasteiger partial charge in [0.15, 0.2) is 0 Å². The highest BCUT2D eigenvalue weighted by Crippen LogP contribution is 2.62. The third kappa shape index (κ3) is 1.14. The van der Waals surface area contributed by atoms with Crippen molar-refractivity contribution >= 4 is 0 Å². The summed E-state index contributed by atoms with van der Waals surface area (Å²) in [5, 5.41) is 16.0. The molecule has 1 aromatic rings. The lowest BCUT2D eigenvalue weighted by Gasteiger charge is -2.01. The second-order valence-electron chi connectivity index (χ2n) is 4.77. The van der Waals surface area contributed by atoms with Gasteiger partial charge in [0, 0.05) is 11.5 Å². The van der Waals surface area contributed by atoms with Crippen LogP contribution in [0.3, 0.4) is 0 Å². The van der Waals surface area contributed by atoms with E-state index in [1.54, 1.807) is 0 Å². The summed E-state index contributed by atoms with van der Waals surface area (Å²) in [6, 6.07) is 2.19. The van der Waals surface area contributed by atoms with Crippen molar-refractivity contribution in [1.82, 2.24) is 10.2 Å². The Balaban J connectivity index is 1.77. The van der Waals surface area contributed by atoms with Crippen LogP contribution in [-0.4, -0.2) is 10.2 Å². The Hall–Kier alpha value is -1.30. The van der Waals surface area contributed by atoms with Crippen molar-refractivity contribution in [1.29, 1.82) is 5.26 Å². The molecule has 78 valence electrons. The Bertz CT molecular complexity index is 427. The molecule has 0 radical (unpaired) electrons. The summed E-state index contributed by atoms with van der Waals surface area (Å²) in [4.78, 5) is 0. The first-order chi connectivity index (χ1) is 7.36. The number of fused-ring (bicyclic) bond motifs is 3. The first kappa shape index (κ1) is 8.96. The quantitative estimate of drug-likeness (QED) is 0.816. The average Bonchev–Trinajstić information content (AvgIpc) is 2.62. The third-order valence-corrected chi connectivity index (χ3v) is 3.99. The minimum atomic E-state index is 0.685. The van der Waals surface area contributed by atoms with Gasteiger partial charge in [-0.05, 0) is 24.7 Å². The van der Waals surface area contributed by atoms with Crippen molar-refractivity contribution in [3.63, 3.8) is 0 Å².